The van der Waals surface area contributed by atoms with Crippen LogP contribution in [0, 0.1) is 11.3 Å². The van der Waals surface area contributed by atoms with Crippen LogP contribution < -0.4 is 20.1 Å². The number of carbonyl (C=O) groups is 1. The summed E-state index contributed by atoms with van der Waals surface area (Å²) in [6, 6.07) is 5.66. The molecule has 5 nitrogen and oxygen atoms in total. The minimum atomic E-state index is -0.320. The van der Waals surface area contributed by atoms with Crippen molar-refractivity contribution >= 4 is 22.2 Å². The second-order valence-electron chi connectivity index (χ2n) is 8.67. The van der Waals surface area contributed by atoms with Crippen LogP contribution in [0.3, 0.4) is 0 Å². The number of carbonyl (C=O) groups excluding carboxylic acids is 1. The highest BCUT2D eigenvalue weighted by molar-refractivity contribution is 7.16. The Labute approximate surface area is 170 Å². The molecule has 2 heterocycles. The number of ether oxygens (including phenoxy) is 2. The van der Waals surface area contributed by atoms with Gasteiger partial charge in [-0.1, -0.05) is 20.8 Å². The number of hydrogen-bond acceptors (Lipinski definition) is 5. The first kappa shape index (κ1) is 19.1. The highest BCUT2D eigenvalue weighted by Gasteiger charge is 2.37. The van der Waals surface area contributed by atoms with Crippen molar-refractivity contribution in [3.05, 3.63) is 39.8 Å². The average molecular weight is 401 g/mol. The number of methoxy groups -OCH3 is 2. The molecular formula is C22H28N2O3S. The topological polar surface area (TPSA) is 59.6 Å². The Morgan fingerprint density at radius 2 is 1.93 bits per heavy atom. The van der Waals surface area contributed by atoms with Crippen LogP contribution in [-0.2, 0) is 12.8 Å². The summed E-state index contributed by atoms with van der Waals surface area (Å²) in [5.74, 6) is 2.07. The lowest BCUT2D eigenvalue weighted by Gasteiger charge is -2.34. The van der Waals surface area contributed by atoms with Gasteiger partial charge in [0, 0.05) is 16.5 Å². The van der Waals surface area contributed by atoms with Crippen LogP contribution in [0.2, 0.25) is 0 Å². The number of rotatable bonds is 3. The molecule has 2 atom stereocenters. The zero-order valence-corrected chi connectivity index (χ0v) is 18.0. The zero-order valence-electron chi connectivity index (χ0n) is 17.1. The first-order chi connectivity index (χ1) is 13.3. The number of amides is 1. The molecule has 0 bridgehead atoms. The zero-order chi connectivity index (χ0) is 20.1. The lowest BCUT2D eigenvalue weighted by atomic mass is 9.72. The van der Waals surface area contributed by atoms with Gasteiger partial charge in [-0.3, -0.25) is 4.79 Å². The lowest BCUT2D eigenvalue weighted by Crippen LogP contribution is -2.38. The predicted molar refractivity (Wildman–Crippen MR) is 113 cm³/mol. The van der Waals surface area contributed by atoms with Gasteiger partial charge in [0.05, 0.1) is 19.8 Å². The summed E-state index contributed by atoms with van der Waals surface area (Å²) < 4.78 is 10.8. The number of benzene rings is 1. The molecule has 1 aromatic carbocycles. The van der Waals surface area contributed by atoms with Crippen LogP contribution in [0.1, 0.15) is 59.7 Å². The minimum absolute atomic E-state index is 0.00308. The van der Waals surface area contributed by atoms with E-state index in [4.69, 9.17) is 9.47 Å². The number of fused-ring (bicyclic) bond motifs is 3. The number of anilines is 1. The van der Waals surface area contributed by atoms with E-state index >= 15 is 0 Å². The first-order valence-corrected chi connectivity index (χ1v) is 10.6. The van der Waals surface area contributed by atoms with Crippen molar-refractivity contribution < 1.29 is 14.3 Å². The second kappa shape index (κ2) is 6.99. The van der Waals surface area contributed by atoms with Crippen molar-refractivity contribution in [3.8, 4) is 11.5 Å². The van der Waals surface area contributed by atoms with Crippen molar-refractivity contribution in [2.24, 2.45) is 11.3 Å². The molecule has 4 rings (SSSR count). The van der Waals surface area contributed by atoms with E-state index in [0.29, 0.717) is 11.7 Å². The fraction of sp³-hybridized carbons (Fsp3) is 0.500. The molecular weight excluding hydrogens is 372 g/mol. The Balaban J connectivity index is 1.66. The van der Waals surface area contributed by atoms with Crippen LogP contribution in [0.25, 0.3) is 0 Å². The molecule has 0 saturated carbocycles. The molecule has 2 aliphatic rings. The quantitative estimate of drug-likeness (QED) is 0.779. The van der Waals surface area contributed by atoms with Gasteiger partial charge in [-0.05, 0) is 48.3 Å². The maximum Gasteiger partial charge on any atom is 0.256 e. The molecule has 1 amide bonds. The van der Waals surface area contributed by atoms with E-state index in [1.165, 1.54) is 10.4 Å². The third kappa shape index (κ3) is 3.24. The van der Waals surface area contributed by atoms with Gasteiger partial charge in [0.2, 0.25) is 0 Å². The van der Waals surface area contributed by atoms with Gasteiger partial charge in [0.15, 0.2) is 0 Å². The summed E-state index contributed by atoms with van der Waals surface area (Å²) >= 11 is 1.74. The van der Waals surface area contributed by atoms with Crippen molar-refractivity contribution in [3.63, 3.8) is 0 Å². The van der Waals surface area contributed by atoms with Crippen molar-refractivity contribution in [1.82, 2.24) is 5.32 Å². The highest BCUT2D eigenvalue weighted by atomic mass is 32.1. The molecule has 2 N–H and O–H groups in total. The SMILES string of the molecule is COc1ccc([C@H]2NC(=O)c3c(sc4c3CC[C@H](C(C)(C)C)C4)N2)c(OC)c1. The molecule has 6 heteroatoms. The van der Waals surface area contributed by atoms with E-state index in [0.717, 1.165) is 41.1 Å². The van der Waals surface area contributed by atoms with Crippen LogP contribution >= 0.6 is 11.3 Å². The molecule has 0 unspecified atom stereocenters. The van der Waals surface area contributed by atoms with Crippen molar-refractivity contribution in [2.75, 3.05) is 19.5 Å². The molecule has 0 spiro atoms. The molecule has 1 aliphatic carbocycles. The van der Waals surface area contributed by atoms with Gasteiger partial charge < -0.3 is 20.1 Å². The fourth-order valence-corrected chi connectivity index (χ4v) is 5.60. The Morgan fingerprint density at radius 1 is 1.14 bits per heavy atom. The maximum atomic E-state index is 13.0. The molecule has 1 aromatic heterocycles. The van der Waals surface area contributed by atoms with Gasteiger partial charge in [0.25, 0.3) is 5.91 Å². The number of nitrogens with one attached hydrogen (secondary N) is 2. The van der Waals surface area contributed by atoms with Crippen molar-refractivity contribution in [1.29, 1.82) is 0 Å². The highest BCUT2D eigenvalue weighted by Crippen LogP contribution is 2.46. The number of thiophene rings is 1. The van der Waals surface area contributed by atoms with Gasteiger partial charge in [-0.2, -0.15) is 0 Å². The van der Waals surface area contributed by atoms with Gasteiger partial charge in [-0.15, -0.1) is 11.3 Å². The Kier molecular flexibility index (Phi) is 4.78. The summed E-state index contributed by atoms with van der Waals surface area (Å²) in [6.45, 7) is 6.94. The smallest absolute Gasteiger partial charge is 0.256 e. The van der Waals surface area contributed by atoms with Crippen molar-refractivity contribution in [2.45, 2.75) is 46.2 Å². The monoisotopic (exact) mass is 400 g/mol. The van der Waals surface area contributed by atoms with E-state index < -0.39 is 0 Å². The largest absolute Gasteiger partial charge is 0.497 e. The Morgan fingerprint density at radius 3 is 2.61 bits per heavy atom. The van der Waals surface area contributed by atoms with E-state index in [1.807, 2.05) is 18.2 Å². The van der Waals surface area contributed by atoms with Crippen LogP contribution in [0.15, 0.2) is 18.2 Å². The standard InChI is InChI=1S/C22H28N2O3S/c1-22(2,3)12-6-8-15-17(10-12)28-21-18(15)20(25)23-19(24-21)14-9-7-13(26-4)11-16(14)27-5/h7,9,11-12,19,24H,6,8,10H2,1-5H3,(H,23,25)/t12-,19-/m0/s1. The summed E-state index contributed by atoms with van der Waals surface area (Å²) in [6.07, 6.45) is 2.86. The normalized spacial score (nSPS) is 21.2. The van der Waals surface area contributed by atoms with E-state index in [1.54, 1.807) is 25.6 Å². The summed E-state index contributed by atoms with van der Waals surface area (Å²) in [7, 11) is 3.26. The van der Waals surface area contributed by atoms with Crippen LogP contribution in [-0.4, -0.2) is 20.1 Å². The third-order valence-corrected chi connectivity index (χ3v) is 7.21. The first-order valence-electron chi connectivity index (χ1n) is 9.75. The number of hydrogen-bond donors (Lipinski definition) is 2. The lowest BCUT2D eigenvalue weighted by molar-refractivity contribution is 0.0934. The van der Waals surface area contributed by atoms with E-state index in [9.17, 15) is 4.79 Å². The molecule has 1 aliphatic heterocycles. The molecule has 2 aromatic rings. The summed E-state index contributed by atoms with van der Waals surface area (Å²) in [4.78, 5) is 14.4. The van der Waals surface area contributed by atoms with Crippen LogP contribution in [0.5, 0.6) is 11.5 Å². The van der Waals surface area contributed by atoms with Gasteiger partial charge in [0.1, 0.15) is 22.7 Å². The van der Waals surface area contributed by atoms with E-state index in [2.05, 4.69) is 31.4 Å². The molecule has 0 radical (unpaired) electrons. The van der Waals surface area contributed by atoms with Crippen LogP contribution in [0.4, 0.5) is 5.00 Å². The van der Waals surface area contributed by atoms with Gasteiger partial charge in [-0.25, -0.2) is 0 Å². The Bertz CT molecular complexity index is 913. The fourth-order valence-electron chi connectivity index (χ4n) is 4.25. The van der Waals surface area contributed by atoms with E-state index in [-0.39, 0.29) is 17.5 Å². The van der Waals surface area contributed by atoms with Gasteiger partial charge >= 0.3 is 0 Å². The average Bonchev–Trinajstić information content (AvgIpc) is 3.04. The predicted octanol–water partition coefficient (Wildman–Crippen LogP) is 4.77. The summed E-state index contributed by atoms with van der Waals surface area (Å²) in [5, 5.41) is 7.62. The molecule has 0 fully saturated rings. The Hall–Kier alpha value is -2.21. The summed E-state index contributed by atoms with van der Waals surface area (Å²) in [5.41, 5.74) is 3.26. The minimum Gasteiger partial charge on any atom is -0.497 e. The maximum absolute atomic E-state index is 13.0. The molecule has 0 saturated heterocycles. The third-order valence-electron chi connectivity index (χ3n) is 6.02. The molecule has 150 valence electrons. The molecule has 28 heavy (non-hydrogen) atoms. The second-order valence-corrected chi connectivity index (χ2v) is 9.78.